The maximum atomic E-state index is 11.7. The Balaban J connectivity index is 4.16. The summed E-state index contributed by atoms with van der Waals surface area (Å²) in [5, 5.41) is 9.84. The fourth-order valence-electron chi connectivity index (χ4n) is 2.08. The minimum Gasteiger partial charge on any atom is -0.386 e. The lowest BCUT2D eigenvalue weighted by Gasteiger charge is -2.16. The van der Waals surface area contributed by atoms with E-state index in [1.54, 1.807) is 19.1 Å². The zero-order chi connectivity index (χ0) is 17.2. The summed E-state index contributed by atoms with van der Waals surface area (Å²) in [5.74, 6) is 0.174. The van der Waals surface area contributed by atoms with Crippen molar-refractivity contribution in [3.05, 3.63) is 47.6 Å². The first-order chi connectivity index (χ1) is 10.2. The van der Waals surface area contributed by atoms with Gasteiger partial charge >= 0.3 is 0 Å². The van der Waals surface area contributed by atoms with Gasteiger partial charge in [0.1, 0.15) is 0 Å². The second-order valence-electron chi connectivity index (χ2n) is 6.60. The van der Waals surface area contributed by atoms with Crippen molar-refractivity contribution in [2.24, 2.45) is 0 Å². The average molecular weight is 304 g/mol. The SMILES string of the molecule is C=C[C@@](C)(O)CC/C=C(\C)CC/C=C(\C)CC(=O)C=C(C)C. The Morgan fingerprint density at radius 1 is 1.09 bits per heavy atom. The van der Waals surface area contributed by atoms with Crippen molar-refractivity contribution >= 4 is 5.78 Å². The summed E-state index contributed by atoms with van der Waals surface area (Å²) in [6.45, 7) is 13.4. The number of carbonyl (C=O) groups is 1. The molecule has 0 aromatic heterocycles. The Labute approximate surface area is 136 Å². The first kappa shape index (κ1) is 20.6. The molecule has 0 aliphatic rings. The van der Waals surface area contributed by atoms with Crippen molar-refractivity contribution in [1.29, 1.82) is 0 Å². The number of allylic oxidation sites excluding steroid dienone is 6. The number of ketones is 1. The molecule has 0 aliphatic heterocycles. The Bertz CT molecular complexity index is 458. The number of hydrogen-bond donors (Lipinski definition) is 1. The topological polar surface area (TPSA) is 37.3 Å². The van der Waals surface area contributed by atoms with E-state index in [-0.39, 0.29) is 5.78 Å². The minimum absolute atomic E-state index is 0.174. The van der Waals surface area contributed by atoms with E-state index in [9.17, 15) is 9.90 Å². The van der Waals surface area contributed by atoms with E-state index in [0.717, 1.165) is 30.4 Å². The lowest BCUT2D eigenvalue weighted by atomic mass is 9.99. The van der Waals surface area contributed by atoms with E-state index in [1.807, 2.05) is 20.8 Å². The van der Waals surface area contributed by atoms with Gasteiger partial charge in [-0.3, -0.25) is 4.79 Å². The number of hydrogen-bond acceptors (Lipinski definition) is 2. The van der Waals surface area contributed by atoms with Crippen molar-refractivity contribution in [2.75, 3.05) is 0 Å². The van der Waals surface area contributed by atoms with E-state index in [1.165, 1.54) is 5.57 Å². The highest BCUT2D eigenvalue weighted by molar-refractivity contribution is 5.91. The molecule has 0 heterocycles. The number of rotatable bonds is 10. The molecule has 1 N–H and O–H groups in total. The highest BCUT2D eigenvalue weighted by Crippen LogP contribution is 2.16. The molecule has 0 amide bonds. The van der Waals surface area contributed by atoms with Crippen LogP contribution in [-0.2, 0) is 4.79 Å². The van der Waals surface area contributed by atoms with Gasteiger partial charge in [-0.1, -0.05) is 34.9 Å². The Morgan fingerprint density at radius 2 is 1.68 bits per heavy atom. The standard InChI is InChI=1S/C20H32O2/c1-7-20(6,22)13-9-12-17(4)10-8-11-18(5)15-19(21)14-16(2)3/h7,11-12,14,22H,1,8-10,13,15H2,2-6H3/b17-12+,18-11+/t20-/m1/s1. The van der Waals surface area contributed by atoms with Crippen molar-refractivity contribution < 1.29 is 9.90 Å². The van der Waals surface area contributed by atoms with Crippen LogP contribution in [0.3, 0.4) is 0 Å². The van der Waals surface area contributed by atoms with Crippen LogP contribution in [-0.4, -0.2) is 16.5 Å². The predicted octanol–water partition coefficient (Wildman–Crippen LogP) is 5.30. The van der Waals surface area contributed by atoms with Gasteiger partial charge in [0, 0.05) is 6.42 Å². The molecule has 0 aromatic rings. The van der Waals surface area contributed by atoms with Crippen molar-refractivity contribution in [2.45, 2.75) is 72.3 Å². The van der Waals surface area contributed by atoms with Gasteiger partial charge in [-0.05, 0) is 66.4 Å². The van der Waals surface area contributed by atoms with Gasteiger partial charge in [0.2, 0.25) is 0 Å². The molecule has 22 heavy (non-hydrogen) atoms. The summed E-state index contributed by atoms with van der Waals surface area (Å²) >= 11 is 0. The molecule has 124 valence electrons. The van der Waals surface area contributed by atoms with Gasteiger partial charge in [0.05, 0.1) is 5.60 Å². The largest absolute Gasteiger partial charge is 0.386 e. The van der Waals surface area contributed by atoms with Crippen LogP contribution in [0.25, 0.3) is 0 Å². The van der Waals surface area contributed by atoms with Gasteiger partial charge in [0.25, 0.3) is 0 Å². The van der Waals surface area contributed by atoms with Crippen molar-refractivity contribution in [1.82, 2.24) is 0 Å². The smallest absolute Gasteiger partial charge is 0.159 e. The second kappa shape index (κ2) is 10.3. The van der Waals surface area contributed by atoms with Crippen LogP contribution < -0.4 is 0 Å². The molecule has 2 heteroatoms. The zero-order valence-electron chi connectivity index (χ0n) is 14.9. The van der Waals surface area contributed by atoms with Gasteiger partial charge in [-0.15, -0.1) is 6.58 Å². The molecule has 1 atom stereocenters. The first-order valence-corrected chi connectivity index (χ1v) is 8.01. The maximum absolute atomic E-state index is 11.7. The zero-order valence-corrected chi connectivity index (χ0v) is 14.9. The minimum atomic E-state index is -0.779. The van der Waals surface area contributed by atoms with Crippen LogP contribution in [0.5, 0.6) is 0 Å². The molecule has 0 aliphatic carbocycles. The highest BCUT2D eigenvalue weighted by atomic mass is 16.3. The molecule has 0 fully saturated rings. The summed E-state index contributed by atoms with van der Waals surface area (Å²) in [6, 6.07) is 0. The fraction of sp³-hybridized carbons (Fsp3) is 0.550. The summed E-state index contributed by atoms with van der Waals surface area (Å²) < 4.78 is 0. The third kappa shape index (κ3) is 11.3. The van der Waals surface area contributed by atoms with E-state index < -0.39 is 5.60 Å². The molecule has 0 saturated carbocycles. The third-order valence-electron chi connectivity index (χ3n) is 3.52. The summed E-state index contributed by atoms with van der Waals surface area (Å²) in [6.07, 6.45) is 11.6. The van der Waals surface area contributed by atoms with Crippen molar-refractivity contribution in [3.63, 3.8) is 0 Å². The lowest BCUT2D eigenvalue weighted by molar-refractivity contribution is -0.114. The number of aliphatic hydroxyl groups is 1. The molecule has 0 bridgehead atoms. The van der Waals surface area contributed by atoms with Crippen LogP contribution >= 0.6 is 0 Å². The molecule has 2 nitrogen and oxygen atoms in total. The van der Waals surface area contributed by atoms with Gasteiger partial charge in [0.15, 0.2) is 5.78 Å². The van der Waals surface area contributed by atoms with Crippen molar-refractivity contribution in [3.8, 4) is 0 Å². The molecular formula is C20H32O2. The Kier molecular flexibility index (Phi) is 9.68. The normalized spacial score (nSPS) is 15.2. The summed E-state index contributed by atoms with van der Waals surface area (Å²) in [5.41, 5.74) is 2.72. The predicted molar refractivity (Wildman–Crippen MR) is 95.9 cm³/mol. The van der Waals surface area contributed by atoms with Gasteiger partial charge in [-0.25, -0.2) is 0 Å². The summed E-state index contributed by atoms with van der Waals surface area (Å²) in [4.78, 5) is 11.7. The number of carbonyl (C=O) groups excluding carboxylic acids is 1. The first-order valence-electron chi connectivity index (χ1n) is 8.01. The van der Waals surface area contributed by atoms with Crippen LogP contribution in [0.1, 0.15) is 66.7 Å². The fourth-order valence-corrected chi connectivity index (χ4v) is 2.08. The molecule has 0 radical (unpaired) electrons. The molecule has 0 saturated heterocycles. The van der Waals surface area contributed by atoms with E-state index in [2.05, 4.69) is 25.7 Å². The quantitative estimate of drug-likeness (QED) is 0.439. The van der Waals surface area contributed by atoms with Gasteiger partial charge in [-0.2, -0.15) is 0 Å². The highest BCUT2D eigenvalue weighted by Gasteiger charge is 2.13. The Morgan fingerprint density at radius 3 is 2.23 bits per heavy atom. The van der Waals surface area contributed by atoms with E-state index in [4.69, 9.17) is 0 Å². The second-order valence-corrected chi connectivity index (χ2v) is 6.60. The molecule has 0 unspecified atom stereocenters. The maximum Gasteiger partial charge on any atom is 0.159 e. The third-order valence-corrected chi connectivity index (χ3v) is 3.52. The van der Waals surface area contributed by atoms with Crippen LogP contribution in [0.4, 0.5) is 0 Å². The summed E-state index contributed by atoms with van der Waals surface area (Å²) in [7, 11) is 0. The van der Waals surface area contributed by atoms with E-state index in [0.29, 0.717) is 12.8 Å². The average Bonchev–Trinajstić information content (AvgIpc) is 2.37. The van der Waals surface area contributed by atoms with E-state index >= 15 is 0 Å². The molecular weight excluding hydrogens is 272 g/mol. The van der Waals surface area contributed by atoms with Crippen LogP contribution in [0, 0.1) is 0 Å². The molecule has 0 rings (SSSR count). The van der Waals surface area contributed by atoms with Crippen LogP contribution in [0.15, 0.2) is 47.6 Å². The Hall–Kier alpha value is -1.41. The molecule has 0 aromatic carbocycles. The lowest BCUT2D eigenvalue weighted by Crippen LogP contribution is -2.19. The molecule has 0 spiro atoms. The van der Waals surface area contributed by atoms with Crippen LogP contribution in [0.2, 0.25) is 0 Å². The van der Waals surface area contributed by atoms with Gasteiger partial charge < -0.3 is 5.11 Å². The monoisotopic (exact) mass is 304 g/mol.